The van der Waals surface area contributed by atoms with Crippen LogP contribution in [0, 0.1) is 27.7 Å². The Hall–Kier alpha value is -2.63. The van der Waals surface area contributed by atoms with Crippen molar-refractivity contribution in [3.63, 3.8) is 0 Å². The van der Waals surface area contributed by atoms with E-state index in [-0.39, 0.29) is 27.2 Å². The maximum atomic E-state index is 12.9. The molecule has 0 aromatic heterocycles. The van der Waals surface area contributed by atoms with Crippen molar-refractivity contribution in [2.45, 2.75) is 44.7 Å². The number of nitrogens with two attached hydrogens (primary N) is 1. The molecule has 0 bridgehead atoms. The summed E-state index contributed by atoms with van der Waals surface area (Å²) in [6.07, 6.45) is 0. The molecule has 3 N–H and O–H groups in total. The van der Waals surface area contributed by atoms with E-state index in [1.165, 1.54) is 16.7 Å². The Bertz CT molecular complexity index is 1290. The molecule has 36 heavy (non-hydrogen) atoms. The van der Waals surface area contributed by atoms with E-state index in [1.807, 2.05) is 67.6 Å². The quantitative estimate of drug-likeness (QED) is 0.251. The summed E-state index contributed by atoms with van der Waals surface area (Å²) in [5.41, 5.74) is 13.2. The summed E-state index contributed by atoms with van der Waals surface area (Å²) in [7, 11) is -3.71. The number of sulfonamides is 1. The molecule has 0 radical (unpaired) electrons. The summed E-state index contributed by atoms with van der Waals surface area (Å²) in [5.74, 6) is 0. The van der Waals surface area contributed by atoms with Gasteiger partial charge < -0.3 is 8.59 Å². The average molecular weight is 590 g/mol. The van der Waals surface area contributed by atoms with Crippen LogP contribution in [0.3, 0.4) is 0 Å². The van der Waals surface area contributed by atoms with Gasteiger partial charge in [-0.25, -0.2) is 13.1 Å². The van der Waals surface area contributed by atoms with Crippen molar-refractivity contribution in [3.05, 3.63) is 137 Å². The van der Waals surface area contributed by atoms with Crippen molar-refractivity contribution >= 4 is 10.0 Å². The van der Waals surface area contributed by atoms with Gasteiger partial charge in [0, 0.05) is 0 Å². The van der Waals surface area contributed by atoms with Crippen molar-refractivity contribution < 1.29 is 30.7 Å². The first-order valence-corrected chi connectivity index (χ1v) is 13.1. The van der Waals surface area contributed by atoms with Gasteiger partial charge in [0.15, 0.2) is 0 Å². The fourth-order valence-corrected chi connectivity index (χ4v) is 5.28. The second-order valence-electron chi connectivity index (χ2n) is 8.92. The van der Waals surface area contributed by atoms with Crippen LogP contribution >= 0.6 is 0 Å². The summed E-state index contributed by atoms with van der Waals surface area (Å²) in [4.78, 5) is 0.226. The molecular formula is C30H36N2O2RuS. The SMILES string of the molecule is Cc1cc(C)cc(C)c1.Cc1ccc(S(=O)(=O)N[C@H](c2ccccc2)[C@H](N)c2ccccc2)cc1.[H-].[H-].[Ru+2]. The van der Waals surface area contributed by atoms with Crippen molar-refractivity contribution in [3.8, 4) is 0 Å². The third-order valence-electron chi connectivity index (χ3n) is 5.68. The van der Waals surface area contributed by atoms with Crippen LogP contribution in [0.25, 0.3) is 0 Å². The van der Waals surface area contributed by atoms with E-state index >= 15 is 0 Å². The Morgan fingerprint density at radius 1 is 0.639 bits per heavy atom. The third-order valence-corrected chi connectivity index (χ3v) is 7.14. The van der Waals surface area contributed by atoms with Crippen molar-refractivity contribution in [1.29, 1.82) is 0 Å². The molecule has 0 saturated carbocycles. The molecule has 0 aliphatic carbocycles. The summed E-state index contributed by atoms with van der Waals surface area (Å²) in [6.45, 7) is 8.29. The van der Waals surface area contributed by atoms with Gasteiger partial charge >= 0.3 is 19.5 Å². The van der Waals surface area contributed by atoms with Gasteiger partial charge in [0.2, 0.25) is 10.0 Å². The summed E-state index contributed by atoms with van der Waals surface area (Å²) < 4.78 is 28.6. The predicted molar refractivity (Wildman–Crippen MR) is 147 cm³/mol. The molecule has 4 aromatic rings. The van der Waals surface area contributed by atoms with Crippen LogP contribution in [0.4, 0.5) is 0 Å². The zero-order valence-corrected chi connectivity index (χ0v) is 23.7. The molecule has 0 aliphatic rings. The Labute approximate surface area is 231 Å². The van der Waals surface area contributed by atoms with E-state index in [0.29, 0.717) is 0 Å². The Balaban J connectivity index is 0.000000978. The maximum Gasteiger partial charge on any atom is 2.00 e. The van der Waals surface area contributed by atoms with E-state index in [9.17, 15) is 8.42 Å². The fourth-order valence-electron chi connectivity index (χ4n) is 4.03. The van der Waals surface area contributed by atoms with E-state index in [1.54, 1.807) is 24.3 Å². The minimum atomic E-state index is -3.71. The van der Waals surface area contributed by atoms with E-state index in [2.05, 4.69) is 43.7 Å². The Kier molecular flexibility index (Phi) is 11.2. The molecule has 0 spiro atoms. The van der Waals surface area contributed by atoms with Gasteiger partial charge in [0.25, 0.3) is 0 Å². The number of hydrogen-bond donors (Lipinski definition) is 2. The molecule has 4 nitrogen and oxygen atoms in total. The van der Waals surface area contributed by atoms with Gasteiger partial charge in [-0.05, 0) is 51.0 Å². The molecule has 0 fully saturated rings. The first-order valence-electron chi connectivity index (χ1n) is 11.6. The zero-order chi connectivity index (χ0) is 25.4. The monoisotopic (exact) mass is 590 g/mol. The molecule has 0 saturated heterocycles. The first-order chi connectivity index (χ1) is 16.7. The standard InChI is InChI=1S/C21H22N2O2S.C9H12.Ru.2H/c1-16-12-14-19(15-13-16)26(24,25)23-21(18-10-6-3-7-11-18)20(22)17-8-4-2-5-9-17;1-7-4-8(2)6-9(3)5-7;;;/h2-15,20-21,23H,22H2,1H3;4-6H,1-3H3;;;/q;;+2;2*-1/t20-,21-;;;;/m1..../s1. The van der Waals surface area contributed by atoms with Gasteiger partial charge in [-0.3, -0.25) is 0 Å². The molecule has 0 heterocycles. The average Bonchev–Trinajstić information content (AvgIpc) is 2.83. The summed E-state index contributed by atoms with van der Waals surface area (Å²) in [6, 6.07) is 31.1. The Morgan fingerprint density at radius 2 is 1.06 bits per heavy atom. The fraction of sp³-hybridized carbons (Fsp3) is 0.200. The number of hydrogen-bond acceptors (Lipinski definition) is 3. The molecule has 6 heteroatoms. The number of rotatable bonds is 6. The zero-order valence-electron chi connectivity index (χ0n) is 23.1. The van der Waals surface area contributed by atoms with E-state index < -0.39 is 22.1 Å². The first kappa shape index (κ1) is 29.6. The predicted octanol–water partition coefficient (Wildman–Crippen LogP) is 6.55. The number of nitrogens with one attached hydrogen (secondary N) is 1. The third kappa shape index (κ3) is 8.49. The number of aryl methyl sites for hydroxylation is 4. The van der Waals surface area contributed by atoms with Crippen LogP contribution in [0.15, 0.2) is 108 Å². The topological polar surface area (TPSA) is 72.2 Å². The minimum absolute atomic E-state index is 0. The van der Waals surface area contributed by atoms with Crippen molar-refractivity contribution in [1.82, 2.24) is 4.72 Å². The normalized spacial score (nSPS) is 12.5. The molecule has 192 valence electrons. The van der Waals surface area contributed by atoms with Crippen LogP contribution in [-0.4, -0.2) is 8.42 Å². The number of benzene rings is 4. The molecule has 2 atom stereocenters. The van der Waals surface area contributed by atoms with Crippen LogP contribution in [0.5, 0.6) is 0 Å². The Morgan fingerprint density at radius 3 is 1.50 bits per heavy atom. The van der Waals surface area contributed by atoms with Crippen LogP contribution in [0.2, 0.25) is 0 Å². The molecule has 0 aliphatic heterocycles. The largest absolute Gasteiger partial charge is 2.00 e. The second kappa shape index (κ2) is 13.6. The maximum absolute atomic E-state index is 12.9. The smallest absolute Gasteiger partial charge is 1.00 e. The van der Waals surface area contributed by atoms with Gasteiger partial charge in [0.1, 0.15) is 0 Å². The van der Waals surface area contributed by atoms with Crippen LogP contribution in [0.1, 0.15) is 48.3 Å². The summed E-state index contributed by atoms with van der Waals surface area (Å²) >= 11 is 0. The molecule has 4 rings (SSSR count). The molecule has 0 amide bonds. The van der Waals surface area contributed by atoms with E-state index in [4.69, 9.17) is 5.73 Å². The van der Waals surface area contributed by atoms with Crippen molar-refractivity contribution in [2.24, 2.45) is 5.73 Å². The van der Waals surface area contributed by atoms with E-state index in [0.717, 1.165) is 16.7 Å². The van der Waals surface area contributed by atoms with Crippen molar-refractivity contribution in [2.75, 3.05) is 0 Å². The van der Waals surface area contributed by atoms with Gasteiger partial charge in [-0.15, -0.1) is 0 Å². The minimum Gasteiger partial charge on any atom is -1.00 e. The molecular weight excluding hydrogens is 553 g/mol. The van der Waals surface area contributed by atoms with Gasteiger partial charge in [0.05, 0.1) is 17.0 Å². The van der Waals surface area contributed by atoms with Gasteiger partial charge in [-0.1, -0.05) is 113 Å². The van der Waals surface area contributed by atoms with Gasteiger partial charge in [-0.2, -0.15) is 0 Å². The molecule has 4 aromatic carbocycles. The van der Waals surface area contributed by atoms with Crippen LogP contribution < -0.4 is 10.5 Å². The molecule has 0 unspecified atom stereocenters. The van der Waals surface area contributed by atoms with Crippen LogP contribution in [-0.2, 0) is 29.5 Å². The second-order valence-corrected chi connectivity index (χ2v) is 10.6. The summed E-state index contributed by atoms with van der Waals surface area (Å²) in [5, 5.41) is 0.